The lowest BCUT2D eigenvalue weighted by molar-refractivity contribution is -0.111. The maximum atomic E-state index is 13.1. The number of hydrogen-bond acceptors (Lipinski definition) is 7. The Bertz CT molecular complexity index is 874. The zero-order valence-electron chi connectivity index (χ0n) is 13.4. The second-order valence-corrected chi connectivity index (χ2v) is 7.94. The van der Waals surface area contributed by atoms with Gasteiger partial charge in [-0.15, -0.1) is 10.2 Å². The standard InChI is InChI=1S/C13H14F4N4O4S/c1-2-26(22,23)21(7-3-13(16,17)4-7)6-9-18-5-8(24-9)11-19-20-12(25-11)10(14)15/h5,7,10H,2-4,6H2,1H3. The number of aromatic nitrogens is 3. The summed E-state index contributed by atoms with van der Waals surface area (Å²) in [4.78, 5) is 3.84. The Kier molecular flexibility index (Phi) is 4.77. The lowest BCUT2D eigenvalue weighted by Gasteiger charge is -2.41. The van der Waals surface area contributed by atoms with Crippen LogP contribution >= 0.6 is 0 Å². The summed E-state index contributed by atoms with van der Waals surface area (Å²) in [7, 11) is -3.78. The summed E-state index contributed by atoms with van der Waals surface area (Å²) >= 11 is 0. The quantitative estimate of drug-likeness (QED) is 0.661. The van der Waals surface area contributed by atoms with Crippen LogP contribution in [0.3, 0.4) is 0 Å². The molecular formula is C13H14F4N4O4S. The predicted molar refractivity (Wildman–Crippen MR) is 77.7 cm³/mol. The molecule has 0 spiro atoms. The molecule has 0 aliphatic heterocycles. The molecule has 2 aromatic heterocycles. The smallest absolute Gasteiger partial charge is 0.314 e. The Morgan fingerprint density at radius 3 is 2.54 bits per heavy atom. The van der Waals surface area contributed by atoms with Crippen LogP contribution in [0.1, 0.15) is 38.0 Å². The van der Waals surface area contributed by atoms with E-state index in [0.29, 0.717) is 0 Å². The first-order chi connectivity index (χ1) is 12.1. The molecule has 2 aromatic rings. The first-order valence-electron chi connectivity index (χ1n) is 7.55. The van der Waals surface area contributed by atoms with Crippen LogP contribution in [0.2, 0.25) is 0 Å². The van der Waals surface area contributed by atoms with Crippen LogP contribution in [0, 0.1) is 0 Å². The van der Waals surface area contributed by atoms with Crippen LogP contribution in [-0.2, 0) is 16.6 Å². The highest BCUT2D eigenvalue weighted by Gasteiger charge is 2.50. The van der Waals surface area contributed by atoms with Crippen molar-refractivity contribution in [2.24, 2.45) is 0 Å². The van der Waals surface area contributed by atoms with Crippen molar-refractivity contribution in [2.45, 2.75) is 44.7 Å². The van der Waals surface area contributed by atoms with Crippen LogP contribution < -0.4 is 0 Å². The maximum Gasteiger partial charge on any atom is 0.314 e. The van der Waals surface area contributed by atoms with Gasteiger partial charge in [0.05, 0.1) is 18.5 Å². The molecule has 0 aromatic carbocycles. The number of halogens is 4. The minimum atomic E-state index is -3.78. The molecule has 1 saturated carbocycles. The van der Waals surface area contributed by atoms with E-state index in [1.807, 2.05) is 0 Å². The largest absolute Gasteiger partial charge is 0.434 e. The second kappa shape index (κ2) is 6.61. The molecule has 0 N–H and O–H groups in total. The van der Waals surface area contributed by atoms with Gasteiger partial charge in [0.15, 0.2) is 0 Å². The van der Waals surface area contributed by atoms with Crippen molar-refractivity contribution < 1.29 is 34.8 Å². The van der Waals surface area contributed by atoms with E-state index in [4.69, 9.17) is 8.83 Å². The number of hydrogen-bond donors (Lipinski definition) is 0. The molecule has 2 heterocycles. The number of nitrogens with zero attached hydrogens (tertiary/aromatic N) is 4. The summed E-state index contributed by atoms with van der Waals surface area (Å²) in [6.45, 7) is 1.03. The van der Waals surface area contributed by atoms with Gasteiger partial charge in [-0.1, -0.05) is 0 Å². The molecule has 144 valence electrons. The Labute approximate surface area is 145 Å². The van der Waals surface area contributed by atoms with Crippen LogP contribution in [-0.4, -0.2) is 45.6 Å². The van der Waals surface area contributed by atoms with E-state index in [2.05, 4.69) is 15.2 Å². The minimum Gasteiger partial charge on any atom is -0.434 e. The molecule has 8 nitrogen and oxygen atoms in total. The van der Waals surface area contributed by atoms with E-state index < -0.39 is 47.1 Å². The molecule has 26 heavy (non-hydrogen) atoms. The molecular weight excluding hydrogens is 384 g/mol. The zero-order chi connectivity index (χ0) is 19.1. The highest BCUT2D eigenvalue weighted by Crippen LogP contribution is 2.42. The van der Waals surface area contributed by atoms with Crippen LogP contribution in [0.25, 0.3) is 11.7 Å². The van der Waals surface area contributed by atoms with Gasteiger partial charge in [-0.3, -0.25) is 0 Å². The molecule has 1 fully saturated rings. The molecule has 1 aliphatic carbocycles. The SMILES string of the molecule is CCS(=O)(=O)N(Cc1ncc(-c2nnc(C(F)F)o2)o1)C1CC(F)(F)C1. The average Bonchev–Trinajstić information content (AvgIpc) is 3.19. The number of alkyl halides is 4. The van der Waals surface area contributed by atoms with Gasteiger partial charge in [0.25, 0.3) is 17.7 Å². The Hall–Kier alpha value is -2.02. The monoisotopic (exact) mass is 398 g/mol. The molecule has 1 aliphatic rings. The lowest BCUT2D eigenvalue weighted by atomic mass is 9.88. The zero-order valence-corrected chi connectivity index (χ0v) is 14.2. The fourth-order valence-corrected chi connectivity index (χ4v) is 3.73. The molecule has 0 bridgehead atoms. The summed E-state index contributed by atoms with van der Waals surface area (Å²) in [5.41, 5.74) is 0. The second-order valence-electron chi connectivity index (χ2n) is 5.73. The Balaban J connectivity index is 1.78. The summed E-state index contributed by atoms with van der Waals surface area (Å²) in [5.74, 6) is -4.66. The normalized spacial score (nSPS) is 17.8. The van der Waals surface area contributed by atoms with Crippen molar-refractivity contribution >= 4 is 10.0 Å². The molecule has 3 rings (SSSR count). The van der Waals surface area contributed by atoms with Gasteiger partial charge in [-0.2, -0.15) is 13.1 Å². The van der Waals surface area contributed by atoms with E-state index in [1.165, 1.54) is 6.92 Å². The molecule has 0 radical (unpaired) electrons. The topological polar surface area (TPSA) is 102 Å². The summed E-state index contributed by atoms with van der Waals surface area (Å²) in [6, 6.07) is -0.862. The van der Waals surface area contributed by atoms with Gasteiger partial charge >= 0.3 is 6.43 Å². The van der Waals surface area contributed by atoms with Gasteiger partial charge in [0.1, 0.15) is 0 Å². The van der Waals surface area contributed by atoms with Gasteiger partial charge in [0.2, 0.25) is 21.7 Å². The highest BCUT2D eigenvalue weighted by atomic mass is 32.2. The van der Waals surface area contributed by atoms with Crippen molar-refractivity contribution in [1.82, 2.24) is 19.5 Å². The van der Waals surface area contributed by atoms with Crippen molar-refractivity contribution in [2.75, 3.05) is 5.75 Å². The first-order valence-corrected chi connectivity index (χ1v) is 9.16. The first kappa shape index (κ1) is 18.8. The van der Waals surface area contributed by atoms with Crippen LogP contribution in [0.4, 0.5) is 17.6 Å². The maximum absolute atomic E-state index is 13.1. The summed E-state index contributed by atoms with van der Waals surface area (Å²) < 4.78 is 86.4. The van der Waals surface area contributed by atoms with Crippen molar-refractivity contribution in [1.29, 1.82) is 0 Å². The highest BCUT2D eigenvalue weighted by molar-refractivity contribution is 7.89. The molecule has 0 unspecified atom stereocenters. The van der Waals surface area contributed by atoms with Crippen LogP contribution in [0.15, 0.2) is 15.0 Å². The van der Waals surface area contributed by atoms with E-state index in [0.717, 1.165) is 10.5 Å². The van der Waals surface area contributed by atoms with Gasteiger partial charge in [-0.25, -0.2) is 22.2 Å². The summed E-state index contributed by atoms with van der Waals surface area (Å²) in [5, 5.41) is 6.52. The van der Waals surface area contributed by atoms with Crippen molar-refractivity contribution in [3.63, 3.8) is 0 Å². The third-order valence-electron chi connectivity index (χ3n) is 3.88. The van der Waals surface area contributed by atoms with Crippen molar-refractivity contribution in [3.05, 3.63) is 18.0 Å². The minimum absolute atomic E-state index is 0.107. The number of oxazole rings is 1. The number of rotatable bonds is 7. The van der Waals surface area contributed by atoms with E-state index >= 15 is 0 Å². The molecule has 13 heteroatoms. The number of sulfonamides is 1. The fraction of sp³-hybridized carbons (Fsp3) is 0.615. The van der Waals surface area contributed by atoms with E-state index in [1.54, 1.807) is 0 Å². The lowest BCUT2D eigenvalue weighted by Crippen LogP contribution is -2.52. The van der Waals surface area contributed by atoms with Crippen molar-refractivity contribution in [3.8, 4) is 11.7 Å². The third-order valence-corrected chi connectivity index (χ3v) is 5.75. The average molecular weight is 398 g/mol. The third kappa shape index (κ3) is 3.72. The van der Waals surface area contributed by atoms with Gasteiger partial charge in [-0.05, 0) is 6.92 Å². The van der Waals surface area contributed by atoms with E-state index in [9.17, 15) is 26.0 Å². The fourth-order valence-electron chi connectivity index (χ4n) is 2.49. The molecule has 0 atom stereocenters. The Morgan fingerprint density at radius 2 is 2.00 bits per heavy atom. The molecule has 0 amide bonds. The van der Waals surface area contributed by atoms with E-state index in [-0.39, 0.29) is 29.8 Å². The Morgan fingerprint density at radius 1 is 1.31 bits per heavy atom. The van der Waals surface area contributed by atoms with Gasteiger partial charge < -0.3 is 8.83 Å². The van der Waals surface area contributed by atoms with Crippen LogP contribution in [0.5, 0.6) is 0 Å². The van der Waals surface area contributed by atoms with Gasteiger partial charge in [0, 0.05) is 18.9 Å². The predicted octanol–water partition coefficient (Wildman–Crippen LogP) is 2.61. The summed E-state index contributed by atoms with van der Waals surface area (Å²) in [6.07, 6.45) is -3.02. The molecule has 0 saturated heterocycles.